The van der Waals surface area contributed by atoms with Gasteiger partial charge in [0, 0.05) is 18.6 Å². The molecule has 0 bridgehead atoms. The van der Waals surface area contributed by atoms with Gasteiger partial charge in [-0.15, -0.1) is 0 Å². The lowest BCUT2D eigenvalue weighted by Gasteiger charge is -2.26. The van der Waals surface area contributed by atoms with Gasteiger partial charge in [0.2, 0.25) is 0 Å². The fourth-order valence-electron chi connectivity index (χ4n) is 1.53. The number of hydrogen-bond acceptors (Lipinski definition) is 4. The molecule has 1 fully saturated rings. The monoisotopic (exact) mass is 202 g/mol. The first-order valence-electron chi connectivity index (χ1n) is 5.21. The molecule has 1 saturated heterocycles. The van der Waals surface area contributed by atoms with Crippen molar-refractivity contribution in [1.82, 2.24) is 5.43 Å². The van der Waals surface area contributed by atoms with Gasteiger partial charge in [0.15, 0.2) is 0 Å². The topological polar surface area (TPSA) is 56.5 Å². The van der Waals surface area contributed by atoms with Gasteiger partial charge in [0.25, 0.3) is 0 Å². The summed E-state index contributed by atoms with van der Waals surface area (Å²) >= 11 is 0. The first-order chi connectivity index (χ1) is 6.53. The smallest absolute Gasteiger partial charge is 0.0643 e. The van der Waals surface area contributed by atoms with E-state index in [0.717, 1.165) is 19.6 Å². The Labute approximate surface area is 86.1 Å². The van der Waals surface area contributed by atoms with Crippen LogP contribution in [0.15, 0.2) is 0 Å². The third-order valence-electron chi connectivity index (χ3n) is 2.44. The minimum atomic E-state index is -0.103. The van der Waals surface area contributed by atoms with Gasteiger partial charge in [-0.2, -0.15) is 0 Å². The lowest BCUT2D eigenvalue weighted by Crippen LogP contribution is -2.45. The quantitative estimate of drug-likeness (QED) is 0.519. The lowest BCUT2D eigenvalue weighted by atomic mass is 10.0. The molecule has 0 saturated carbocycles. The fraction of sp³-hybridized carbons (Fsp3) is 1.00. The Kier molecular flexibility index (Phi) is 4.31. The standard InChI is InChI=1S/C10H22N2O2/c1-10(2,3)14-7-9(12-11)8-4-5-13-6-8/h8-9,12H,4-7,11H2,1-3H3. The Morgan fingerprint density at radius 1 is 1.57 bits per heavy atom. The minimum absolute atomic E-state index is 0.103. The maximum absolute atomic E-state index is 5.70. The molecular weight excluding hydrogens is 180 g/mol. The van der Waals surface area contributed by atoms with Gasteiger partial charge >= 0.3 is 0 Å². The van der Waals surface area contributed by atoms with Gasteiger partial charge in [-0.3, -0.25) is 11.3 Å². The van der Waals surface area contributed by atoms with Crippen LogP contribution in [0.4, 0.5) is 0 Å². The first-order valence-corrected chi connectivity index (χ1v) is 5.21. The van der Waals surface area contributed by atoms with Crippen molar-refractivity contribution in [3.05, 3.63) is 0 Å². The van der Waals surface area contributed by atoms with Crippen LogP contribution in [-0.4, -0.2) is 31.5 Å². The Bertz CT molecular complexity index is 162. The highest BCUT2D eigenvalue weighted by molar-refractivity contribution is 4.78. The zero-order valence-electron chi connectivity index (χ0n) is 9.38. The average molecular weight is 202 g/mol. The van der Waals surface area contributed by atoms with Crippen molar-refractivity contribution < 1.29 is 9.47 Å². The predicted molar refractivity (Wildman–Crippen MR) is 55.7 cm³/mol. The van der Waals surface area contributed by atoms with Crippen molar-refractivity contribution in [3.8, 4) is 0 Å². The summed E-state index contributed by atoms with van der Waals surface area (Å²) in [6.45, 7) is 8.43. The Balaban J connectivity index is 2.31. The molecule has 0 aromatic carbocycles. The summed E-state index contributed by atoms with van der Waals surface area (Å²) in [5.74, 6) is 5.98. The van der Waals surface area contributed by atoms with Crippen molar-refractivity contribution >= 4 is 0 Å². The second-order valence-corrected chi connectivity index (χ2v) is 4.82. The molecule has 4 nitrogen and oxygen atoms in total. The van der Waals surface area contributed by atoms with E-state index in [9.17, 15) is 0 Å². The number of nitrogens with one attached hydrogen (secondary N) is 1. The van der Waals surface area contributed by atoms with E-state index in [4.69, 9.17) is 15.3 Å². The predicted octanol–water partition coefficient (Wildman–Crippen LogP) is 0.670. The van der Waals surface area contributed by atoms with E-state index in [1.54, 1.807) is 0 Å². The van der Waals surface area contributed by atoms with Crippen LogP contribution in [0.5, 0.6) is 0 Å². The summed E-state index contributed by atoms with van der Waals surface area (Å²) in [6.07, 6.45) is 1.07. The molecule has 1 aliphatic heterocycles. The van der Waals surface area contributed by atoms with Crippen molar-refractivity contribution in [2.24, 2.45) is 11.8 Å². The third kappa shape index (κ3) is 3.92. The fourth-order valence-corrected chi connectivity index (χ4v) is 1.53. The number of ether oxygens (including phenoxy) is 2. The number of nitrogens with two attached hydrogens (primary N) is 1. The van der Waals surface area contributed by atoms with Crippen LogP contribution in [0.1, 0.15) is 27.2 Å². The average Bonchev–Trinajstić information content (AvgIpc) is 2.56. The Morgan fingerprint density at radius 2 is 2.29 bits per heavy atom. The van der Waals surface area contributed by atoms with E-state index in [-0.39, 0.29) is 11.6 Å². The molecule has 2 unspecified atom stereocenters. The van der Waals surface area contributed by atoms with Crippen LogP contribution in [0, 0.1) is 5.92 Å². The third-order valence-corrected chi connectivity index (χ3v) is 2.44. The van der Waals surface area contributed by atoms with Crippen molar-refractivity contribution in [3.63, 3.8) is 0 Å². The van der Waals surface area contributed by atoms with Crippen molar-refractivity contribution in [2.75, 3.05) is 19.8 Å². The summed E-state index contributed by atoms with van der Waals surface area (Å²) in [6, 6.07) is 0.205. The van der Waals surface area contributed by atoms with E-state index in [1.165, 1.54) is 0 Å². The molecule has 0 aliphatic carbocycles. The Hall–Kier alpha value is -0.160. The second-order valence-electron chi connectivity index (χ2n) is 4.82. The maximum atomic E-state index is 5.70. The van der Waals surface area contributed by atoms with Crippen LogP contribution in [-0.2, 0) is 9.47 Å². The van der Waals surface area contributed by atoms with Crippen molar-refractivity contribution in [2.45, 2.75) is 38.8 Å². The zero-order valence-corrected chi connectivity index (χ0v) is 9.38. The van der Waals surface area contributed by atoms with Gasteiger partial charge < -0.3 is 9.47 Å². The number of rotatable bonds is 4. The summed E-state index contributed by atoms with van der Waals surface area (Å²) in [5, 5.41) is 0. The van der Waals surface area contributed by atoms with E-state index in [1.807, 2.05) is 20.8 Å². The van der Waals surface area contributed by atoms with Crippen LogP contribution in [0.25, 0.3) is 0 Å². The van der Waals surface area contributed by atoms with Crippen LogP contribution in [0.2, 0.25) is 0 Å². The van der Waals surface area contributed by atoms with E-state index in [2.05, 4.69) is 5.43 Å². The molecule has 4 heteroatoms. The maximum Gasteiger partial charge on any atom is 0.0643 e. The molecule has 1 heterocycles. The molecule has 0 spiro atoms. The highest BCUT2D eigenvalue weighted by Gasteiger charge is 2.26. The summed E-state index contributed by atoms with van der Waals surface area (Å²) in [7, 11) is 0. The molecule has 14 heavy (non-hydrogen) atoms. The molecule has 84 valence electrons. The van der Waals surface area contributed by atoms with Gasteiger partial charge in [-0.1, -0.05) is 0 Å². The highest BCUT2D eigenvalue weighted by atomic mass is 16.5. The van der Waals surface area contributed by atoms with Crippen molar-refractivity contribution in [1.29, 1.82) is 0 Å². The molecule has 1 rings (SSSR count). The summed E-state index contributed by atoms with van der Waals surface area (Å²) < 4.78 is 11.0. The molecule has 0 aromatic rings. The van der Waals surface area contributed by atoms with E-state index >= 15 is 0 Å². The summed E-state index contributed by atoms with van der Waals surface area (Å²) in [4.78, 5) is 0. The molecule has 0 radical (unpaired) electrons. The second kappa shape index (κ2) is 5.07. The summed E-state index contributed by atoms with van der Waals surface area (Å²) in [5.41, 5.74) is 2.71. The van der Waals surface area contributed by atoms with E-state index in [0.29, 0.717) is 12.5 Å². The zero-order chi connectivity index (χ0) is 10.6. The molecule has 0 amide bonds. The van der Waals surface area contributed by atoms with Gasteiger partial charge in [0.05, 0.1) is 18.8 Å². The minimum Gasteiger partial charge on any atom is -0.381 e. The molecule has 3 N–H and O–H groups in total. The van der Waals surface area contributed by atoms with E-state index < -0.39 is 0 Å². The number of hydrazine groups is 1. The Morgan fingerprint density at radius 3 is 2.71 bits per heavy atom. The SMILES string of the molecule is CC(C)(C)OCC(NN)C1CCOC1. The van der Waals surface area contributed by atoms with Gasteiger partial charge in [-0.25, -0.2) is 0 Å². The largest absolute Gasteiger partial charge is 0.381 e. The molecule has 1 aliphatic rings. The van der Waals surface area contributed by atoms with Crippen LogP contribution in [0.3, 0.4) is 0 Å². The molecular formula is C10H22N2O2. The normalized spacial score (nSPS) is 25.3. The van der Waals surface area contributed by atoms with Gasteiger partial charge in [0.1, 0.15) is 0 Å². The van der Waals surface area contributed by atoms with Crippen LogP contribution < -0.4 is 11.3 Å². The molecule has 2 atom stereocenters. The van der Waals surface area contributed by atoms with Gasteiger partial charge in [-0.05, 0) is 27.2 Å². The first kappa shape index (κ1) is 11.9. The lowest BCUT2D eigenvalue weighted by molar-refractivity contribution is -0.0228. The molecule has 0 aromatic heterocycles. The highest BCUT2D eigenvalue weighted by Crippen LogP contribution is 2.18. The number of hydrogen-bond donors (Lipinski definition) is 2. The van der Waals surface area contributed by atoms with Crippen LogP contribution >= 0.6 is 0 Å².